The van der Waals surface area contributed by atoms with Crippen molar-refractivity contribution in [3.8, 4) is 16.9 Å². The maximum atomic E-state index is 11.9. The summed E-state index contributed by atoms with van der Waals surface area (Å²) in [4.78, 5) is 11.9. The van der Waals surface area contributed by atoms with Crippen LogP contribution < -0.4 is 4.74 Å². The van der Waals surface area contributed by atoms with Crippen LogP contribution in [0.25, 0.3) is 11.1 Å². The van der Waals surface area contributed by atoms with Gasteiger partial charge in [0, 0.05) is 18.4 Å². The Bertz CT molecular complexity index is 756. The largest absolute Gasteiger partial charge is 0.487 e. The molecule has 0 radical (unpaired) electrons. The third kappa shape index (κ3) is 1.98. The van der Waals surface area contributed by atoms with Gasteiger partial charge in [-0.25, -0.2) is 0 Å². The van der Waals surface area contributed by atoms with E-state index in [1.54, 1.807) is 0 Å². The minimum Gasteiger partial charge on any atom is -0.487 e. The van der Waals surface area contributed by atoms with Crippen LogP contribution in [-0.2, 0) is 12.8 Å². The fraction of sp³-hybridized carbons (Fsp3) is 0.316. The molecular weight excluding hydrogens is 260 g/mol. The lowest BCUT2D eigenvalue weighted by atomic mass is 9.94. The summed E-state index contributed by atoms with van der Waals surface area (Å²) in [7, 11) is 0. The van der Waals surface area contributed by atoms with Gasteiger partial charge in [0.05, 0.1) is 0 Å². The molecule has 0 amide bonds. The van der Waals surface area contributed by atoms with Crippen molar-refractivity contribution >= 4 is 5.78 Å². The lowest BCUT2D eigenvalue weighted by molar-refractivity contribution is 0.0994. The van der Waals surface area contributed by atoms with Gasteiger partial charge in [-0.2, -0.15) is 0 Å². The van der Waals surface area contributed by atoms with Gasteiger partial charge >= 0.3 is 0 Å². The Morgan fingerprint density at radius 2 is 1.86 bits per heavy atom. The number of ketones is 1. The highest BCUT2D eigenvalue weighted by atomic mass is 16.5. The predicted octanol–water partition coefficient (Wildman–Crippen LogP) is 4.20. The summed E-state index contributed by atoms with van der Waals surface area (Å²) in [5.41, 5.74) is 5.66. The number of hydrogen-bond acceptors (Lipinski definition) is 2. The molecule has 2 nitrogen and oxygen atoms in total. The number of ether oxygens (including phenoxy) is 1. The molecule has 21 heavy (non-hydrogen) atoms. The van der Waals surface area contributed by atoms with Crippen molar-refractivity contribution in [3.05, 3.63) is 53.1 Å². The van der Waals surface area contributed by atoms with Gasteiger partial charge in [-0.1, -0.05) is 24.3 Å². The van der Waals surface area contributed by atoms with Crippen LogP contribution in [0.3, 0.4) is 0 Å². The molecule has 0 bridgehead atoms. The molecule has 4 rings (SSSR count). The number of carbonyl (C=O) groups excluding carboxylic acids is 1. The molecule has 0 saturated carbocycles. The zero-order valence-corrected chi connectivity index (χ0v) is 12.4. The maximum Gasteiger partial charge on any atom is 0.163 e. The molecule has 0 unspecified atom stereocenters. The van der Waals surface area contributed by atoms with E-state index in [2.05, 4.69) is 38.1 Å². The van der Waals surface area contributed by atoms with E-state index in [-0.39, 0.29) is 11.4 Å². The summed E-state index contributed by atoms with van der Waals surface area (Å²) < 4.78 is 5.94. The van der Waals surface area contributed by atoms with E-state index >= 15 is 0 Å². The van der Waals surface area contributed by atoms with Crippen LogP contribution in [0.15, 0.2) is 36.4 Å². The molecule has 2 aromatic carbocycles. The lowest BCUT2D eigenvalue weighted by Gasteiger charge is -2.16. The Hall–Kier alpha value is -2.09. The van der Waals surface area contributed by atoms with Gasteiger partial charge in [0.2, 0.25) is 0 Å². The molecular formula is C19H18O2. The summed E-state index contributed by atoms with van der Waals surface area (Å²) in [6.45, 7) is 4.23. The first-order valence-corrected chi connectivity index (χ1v) is 7.51. The molecule has 0 spiro atoms. The second-order valence-electron chi connectivity index (χ2n) is 6.62. The van der Waals surface area contributed by atoms with Crippen molar-refractivity contribution in [2.45, 2.75) is 38.7 Å². The van der Waals surface area contributed by atoms with Crippen LogP contribution in [0.4, 0.5) is 0 Å². The number of benzene rings is 2. The lowest BCUT2D eigenvalue weighted by Crippen LogP contribution is -2.24. The third-order valence-corrected chi connectivity index (χ3v) is 4.45. The molecule has 106 valence electrons. The van der Waals surface area contributed by atoms with E-state index in [1.165, 1.54) is 22.3 Å². The Morgan fingerprint density at radius 1 is 1.05 bits per heavy atom. The topological polar surface area (TPSA) is 26.3 Å². The Balaban J connectivity index is 1.82. The molecule has 0 fully saturated rings. The van der Waals surface area contributed by atoms with Crippen molar-refractivity contribution in [1.29, 1.82) is 0 Å². The van der Waals surface area contributed by atoms with Crippen LogP contribution in [0, 0.1) is 0 Å². The van der Waals surface area contributed by atoms with Gasteiger partial charge < -0.3 is 4.74 Å². The summed E-state index contributed by atoms with van der Waals surface area (Å²) in [5.74, 6) is 1.27. The average molecular weight is 278 g/mol. The minimum absolute atomic E-state index is 0.116. The molecule has 2 heteroatoms. The standard InChI is InChI=1S/C19H18O2/c1-19(2)11-13-10-12(6-9-18(13)21-19)14-4-3-5-16-15(14)7-8-17(16)20/h3-6,9-10H,7-8,11H2,1-2H3. The molecule has 0 N–H and O–H groups in total. The van der Waals surface area contributed by atoms with Gasteiger partial charge in [-0.05, 0) is 54.7 Å². The fourth-order valence-electron chi connectivity index (χ4n) is 3.54. The second-order valence-corrected chi connectivity index (χ2v) is 6.62. The van der Waals surface area contributed by atoms with E-state index in [4.69, 9.17) is 4.74 Å². The van der Waals surface area contributed by atoms with Gasteiger partial charge in [0.1, 0.15) is 11.4 Å². The van der Waals surface area contributed by atoms with Crippen molar-refractivity contribution in [2.75, 3.05) is 0 Å². The van der Waals surface area contributed by atoms with Gasteiger partial charge in [-0.15, -0.1) is 0 Å². The highest BCUT2D eigenvalue weighted by Gasteiger charge is 2.30. The number of rotatable bonds is 1. The molecule has 1 heterocycles. The van der Waals surface area contributed by atoms with Crippen LogP contribution in [0.1, 0.15) is 41.8 Å². The number of carbonyl (C=O) groups is 1. The third-order valence-electron chi connectivity index (χ3n) is 4.45. The first kappa shape index (κ1) is 12.6. The Morgan fingerprint density at radius 3 is 2.71 bits per heavy atom. The van der Waals surface area contributed by atoms with Gasteiger partial charge in [0.25, 0.3) is 0 Å². The number of Topliss-reactive ketones (excluding diaryl/α,β-unsaturated/α-hetero) is 1. The minimum atomic E-state index is -0.116. The Kier molecular flexibility index (Phi) is 2.53. The zero-order chi connectivity index (χ0) is 14.6. The molecule has 0 saturated heterocycles. The van der Waals surface area contributed by atoms with E-state index in [0.717, 1.165) is 24.2 Å². The normalized spacial score (nSPS) is 18.3. The van der Waals surface area contributed by atoms with Crippen LogP contribution >= 0.6 is 0 Å². The molecule has 2 aliphatic rings. The summed E-state index contributed by atoms with van der Waals surface area (Å²) in [6, 6.07) is 12.5. The summed E-state index contributed by atoms with van der Waals surface area (Å²) >= 11 is 0. The van der Waals surface area contributed by atoms with Crippen LogP contribution in [0.2, 0.25) is 0 Å². The van der Waals surface area contributed by atoms with E-state index in [9.17, 15) is 4.79 Å². The van der Waals surface area contributed by atoms with E-state index < -0.39 is 0 Å². The van der Waals surface area contributed by atoms with Crippen LogP contribution in [0.5, 0.6) is 5.75 Å². The maximum absolute atomic E-state index is 11.9. The van der Waals surface area contributed by atoms with Gasteiger partial charge in [0.15, 0.2) is 5.78 Å². The molecule has 1 aliphatic heterocycles. The quantitative estimate of drug-likeness (QED) is 0.781. The molecule has 0 aromatic heterocycles. The molecule has 1 aliphatic carbocycles. The monoisotopic (exact) mass is 278 g/mol. The fourth-order valence-corrected chi connectivity index (χ4v) is 3.54. The highest BCUT2D eigenvalue weighted by molar-refractivity contribution is 6.02. The SMILES string of the molecule is CC1(C)Cc2cc(-c3cccc4c3CCC4=O)ccc2O1. The van der Waals surface area contributed by atoms with Crippen molar-refractivity contribution < 1.29 is 9.53 Å². The summed E-state index contributed by atoms with van der Waals surface area (Å²) in [6.07, 6.45) is 2.45. The smallest absolute Gasteiger partial charge is 0.163 e. The van der Waals surface area contributed by atoms with Gasteiger partial charge in [-0.3, -0.25) is 4.79 Å². The zero-order valence-electron chi connectivity index (χ0n) is 12.4. The number of hydrogen-bond donors (Lipinski definition) is 0. The molecule has 2 aromatic rings. The van der Waals surface area contributed by atoms with Crippen molar-refractivity contribution in [3.63, 3.8) is 0 Å². The van der Waals surface area contributed by atoms with E-state index in [0.29, 0.717) is 6.42 Å². The van der Waals surface area contributed by atoms with Crippen molar-refractivity contribution in [2.24, 2.45) is 0 Å². The second kappa shape index (κ2) is 4.20. The van der Waals surface area contributed by atoms with E-state index in [1.807, 2.05) is 12.1 Å². The highest BCUT2D eigenvalue weighted by Crippen LogP contribution is 2.39. The first-order chi connectivity index (χ1) is 10.0. The first-order valence-electron chi connectivity index (χ1n) is 7.51. The Labute approximate surface area is 124 Å². The summed E-state index contributed by atoms with van der Waals surface area (Å²) in [5, 5.41) is 0. The van der Waals surface area contributed by atoms with Crippen molar-refractivity contribution in [1.82, 2.24) is 0 Å². The molecule has 0 atom stereocenters. The predicted molar refractivity (Wildman–Crippen MR) is 82.9 cm³/mol. The average Bonchev–Trinajstić information content (AvgIpc) is 2.96. The van der Waals surface area contributed by atoms with Crippen LogP contribution in [-0.4, -0.2) is 11.4 Å². The number of fused-ring (bicyclic) bond motifs is 2.